The molecule has 1 amide bonds. The van der Waals surface area contributed by atoms with Crippen molar-refractivity contribution in [3.8, 4) is 0 Å². The van der Waals surface area contributed by atoms with Crippen LogP contribution >= 0.6 is 0 Å². The number of nitrogens with two attached hydrogens (primary N) is 1. The van der Waals surface area contributed by atoms with E-state index in [1.807, 2.05) is 24.3 Å². The summed E-state index contributed by atoms with van der Waals surface area (Å²) in [5.74, 6) is 0.0322. The highest BCUT2D eigenvalue weighted by Crippen LogP contribution is 2.27. The number of amides is 1. The fraction of sp³-hybridized carbons (Fsp3) is 0.562. The average molecular weight is 260 g/mol. The molecule has 3 heteroatoms. The van der Waals surface area contributed by atoms with E-state index >= 15 is 0 Å². The van der Waals surface area contributed by atoms with Gasteiger partial charge in [-0.25, -0.2) is 0 Å². The Kier molecular flexibility index (Phi) is 4.59. The Morgan fingerprint density at radius 1 is 1.26 bits per heavy atom. The lowest BCUT2D eigenvalue weighted by Crippen LogP contribution is -2.54. The lowest BCUT2D eigenvalue weighted by Gasteiger charge is -2.37. The molecule has 1 aliphatic rings. The monoisotopic (exact) mass is 260 g/mol. The molecule has 1 saturated carbocycles. The van der Waals surface area contributed by atoms with E-state index in [1.54, 1.807) is 0 Å². The molecule has 1 aromatic carbocycles. The molecule has 0 bridgehead atoms. The van der Waals surface area contributed by atoms with Crippen LogP contribution < -0.4 is 11.1 Å². The molecule has 0 heterocycles. The first-order valence-corrected chi connectivity index (χ1v) is 7.31. The third kappa shape index (κ3) is 3.16. The van der Waals surface area contributed by atoms with E-state index in [4.69, 9.17) is 5.73 Å². The SMILES string of the molecule is CCc1ccccc1C(=O)NC1(CN)CCCCC1. The molecule has 0 saturated heterocycles. The molecule has 3 nitrogen and oxygen atoms in total. The molecular formula is C16H24N2O. The zero-order chi connectivity index (χ0) is 13.7. The van der Waals surface area contributed by atoms with Crippen molar-refractivity contribution >= 4 is 5.91 Å². The first-order valence-electron chi connectivity index (χ1n) is 7.31. The van der Waals surface area contributed by atoms with E-state index in [-0.39, 0.29) is 11.4 Å². The number of aryl methyl sites for hydroxylation is 1. The van der Waals surface area contributed by atoms with Crippen LogP contribution in [0.15, 0.2) is 24.3 Å². The summed E-state index contributed by atoms with van der Waals surface area (Å²) in [5, 5.41) is 3.21. The average Bonchev–Trinajstić information content (AvgIpc) is 2.48. The second-order valence-corrected chi connectivity index (χ2v) is 5.51. The molecule has 104 valence electrons. The van der Waals surface area contributed by atoms with Crippen LogP contribution in [0.1, 0.15) is 54.9 Å². The second kappa shape index (κ2) is 6.20. The summed E-state index contributed by atoms with van der Waals surface area (Å²) in [5.41, 5.74) is 7.63. The van der Waals surface area contributed by atoms with Gasteiger partial charge in [-0.15, -0.1) is 0 Å². The van der Waals surface area contributed by atoms with Crippen LogP contribution in [-0.4, -0.2) is 18.0 Å². The number of carbonyl (C=O) groups excluding carboxylic acids is 1. The van der Waals surface area contributed by atoms with E-state index in [0.717, 1.165) is 43.2 Å². The van der Waals surface area contributed by atoms with Gasteiger partial charge in [0.25, 0.3) is 5.91 Å². The van der Waals surface area contributed by atoms with Crippen LogP contribution in [0, 0.1) is 0 Å². The lowest BCUT2D eigenvalue weighted by molar-refractivity contribution is 0.0873. The fourth-order valence-corrected chi connectivity index (χ4v) is 2.97. The summed E-state index contributed by atoms with van der Waals surface area (Å²) in [6.07, 6.45) is 6.45. The molecule has 19 heavy (non-hydrogen) atoms. The summed E-state index contributed by atoms with van der Waals surface area (Å²) >= 11 is 0. The van der Waals surface area contributed by atoms with Crippen molar-refractivity contribution in [2.45, 2.75) is 51.0 Å². The van der Waals surface area contributed by atoms with Crippen molar-refractivity contribution in [3.05, 3.63) is 35.4 Å². The highest BCUT2D eigenvalue weighted by molar-refractivity contribution is 5.96. The molecule has 0 radical (unpaired) electrons. The summed E-state index contributed by atoms with van der Waals surface area (Å²) < 4.78 is 0. The normalized spacial score (nSPS) is 18.0. The summed E-state index contributed by atoms with van der Waals surface area (Å²) in [4.78, 5) is 12.5. The summed E-state index contributed by atoms with van der Waals surface area (Å²) in [6, 6.07) is 7.82. The van der Waals surface area contributed by atoms with Crippen molar-refractivity contribution in [1.29, 1.82) is 0 Å². The Bertz CT molecular complexity index is 436. The zero-order valence-corrected chi connectivity index (χ0v) is 11.7. The van der Waals surface area contributed by atoms with Gasteiger partial charge in [0.15, 0.2) is 0 Å². The Hall–Kier alpha value is -1.35. The first-order chi connectivity index (χ1) is 9.21. The molecule has 0 aromatic heterocycles. The van der Waals surface area contributed by atoms with Crippen LogP contribution in [0.4, 0.5) is 0 Å². The smallest absolute Gasteiger partial charge is 0.252 e. The number of rotatable bonds is 4. The number of hydrogen-bond donors (Lipinski definition) is 2. The molecule has 0 unspecified atom stereocenters. The minimum absolute atomic E-state index is 0.0322. The topological polar surface area (TPSA) is 55.1 Å². The van der Waals surface area contributed by atoms with Gasteiger partial charge in [-0.2, -0.15) is 0 Å². The first kappa shape index (κ1) is 14.1. The van der Waals surface area contributed by atoms with Crippen molar-refractivity contribution in [2.75, 3.05) is 6.54 Å². The number of nitrogens with one attached hydrogen (secondary N) is 1. The quantitative estimate of drug-likeness (QED) is 0.874. The number of carbonyl (C=O) groups is 1. The van der Waals surface area contributed by atoms with Gasteiger partial charge in [0, 0.05) is 12.1 Å². The number of benzene rings is 1. The third-order valence-corrected chi connectivity index (χ3v) is 4.22. The molecule has 2 rings (SSSR count). The molecule has 3 N–H and O–H groups in total. The maximum Gasteiger partial charge on any atom is 0.252 e. The predicted molar refractivity (Wildman–Crippen MR) is 78.2 cm³/mol. The maximum atomic E-state index is 12.5. The Morgan fingerprint density at radius 2 is 1.95 bits per heavy atom. The number of hydrogen-bond acceptors (Lipinski definition) is 2. The van der Waals surface area contributed by atoms with Gasteiger partial charge in [-0.1, -0.05) is 44.4 Å². The summed E-state index contributed by atoms with van der Waals surface area (Å²) in [7, 11) is 0. The van der Waals surface area contributed by atoms with Gasteiger partial charge in [0.2, 0.25) is 0 Å². The van der Waals surface area contributed by atoms with Crippen LogP contribution in [0.3, 0.4) is 0 Å². The van der Waals surface area contributed by atoms with Crippen LogP contribution in [0.25, 0.3) is 0 Å². The van der Waals surface area contributed by atoms with Crippen molar-refractivity contribution in [1.82, 2.24) is 5.32 Å². The standard InChI is InChI=1S/C16H24N2O/c1-2-13-8-4-5-9-14(13)15(19)18-16(12-17)10-6-3-7-11-16/h4-5,8-9H,2-3,6-7,10-12,17H2,1H3,(H,18,19). The minimum Gasteiger partial charge on any atom is -0.345 e. The predicted octanol–water partition coefficient (Wildman–Crippen LogP) is 2.64. The molecule has 1 aliphatic carbocycles. The van der Waals surface area contributed by atoms with Gasteiger partial charge in [0.1, 0.15) is 0 Å². The van der Waals surface area contributed by atoms with E-state index < -0.39 is 0 Å². The molecule has 1 aromatic rings. The van der Waals surface area contributed by atoms with E-state index in [1.165, 1.54) is 6.42 Å². The molecule has 0 aliphatic heterocycles. The van der Waals surface area contributed by atoms with Gasteiger partial charge in [-0.3, -0.25) is 4.79 Å². The Morgan fingerprint density at radius 3 is 2.58 bits per heavy atom. The van der Waals surface area contributed by atoms with Gasteiger partial charge >= 0.3 is 0 Å². The van der Waals surface area contributed by atoms with Crippen molar-refractivity contribution in [2.24, 2.45) is 5.73 Å². The molecule has 0 spiro atoms. The molecule has 0 atom stereocenters. The van der Waals surface area contributed by atoms with Crippen LogP contribution in [0.2, 0.25) is 0 Å². The van der Waals surface area contributed by atoms with Crippen molar-refractivity contribution in [3.63, 3.8) is 0 Å². The van der Waals surface area contributed by atoms with E-state index in [2.05, 4.69) is 12.2 Å². The highest BCUT2D eigenvalue weighted by atomic mass is 16.1. The Balaban J connectivity index is 2.15. The minimum atomic E-state index is -0.184. The Labute approximate surface area is 115 Å². The largest absolute Gasteiger partial charge is 0.345 e. The third-order valence-electron chi connectivity index (χ3n) is 4.22. The zero-order valence-electron chi connectivity index (χ0n) is 11.7. The van der Waals surface area contributed by atoms with Gasteiger partial charge in [-0.05, 0) is 30.9 Å². The van der Waals surface area contributed by atoms with Gasteiger partial charge in [0.05, 0.1) is 5.54 Å². The van der Waals surface area contributed by atoms with E-state index in [9.17, 15) is 4.79 Å². The lowest BCUT2D eigenvalue weighted by atomic mass is 9.81. The van der Waals surface area contributed by atoms with E-state index in [0.29, 0.717) is 6.54 Å². The second-order valence-electron chi connectivity index (χ2n) is 5.51. The highest BCUT2D eigenvalue weighted by Gasteiger charge is 2.32. The van der Waals surface area contributed by atoms with Crippen molar-refractivity contribution < 1.29 is 4.79 Å². The van der Waals surface area contributed by atoms with Crippen LogP contribution in [0.5, 0.6) is 0 Å². The maximum absolute atomic E-state index is 12.5. The summed E-state index contributed by atoms with van der Waals surface area (Å²) in [6.45, 7) is 2.61. The fourth-order valence-electron chi connectivity index (χ4n) is 2.97. The van der Waals surface area contributed by atoms with Gasteiger partial charge < -0.3 is 11.1 Å². The molecular weight excluding hydrogens is 236 g/mol. The molecule has 1 fully saturated rings. The van der Waals surface area contributed by atoms with Crippen LogP contribution in [-0.2, 0) is 6.42 Å².